The first-order valence-corrected chi connectivity index (χ1v) is 9.62. The average Bonchev–Trinajstić information content (AvgIpc) is 3.00. The van der Waals surface area contributed by atoms with Crippen LogP contribution < -0.4 is 0 Å². The molecule has 128 valence electrons. The molecule has 24 heavy (non-hydrogen) atoms. The predicted octanol–water partition coefficient (Wildman–Crippen LogP) is 5.24. The van der Waals surface area contributed by atoms with Gasteiger partial charge < -0.3 is 0 Å². The highest BCUT2D eigenvalue weighted by Crippen LogP contribution is 2.31. The monoisotopic (exact) mass is 341 g/mol. The van der Waals surface area contributed by atoms with Crippen molar-refractivity contribution in [3.63, 3.8) is 0 Å². The molecule has 0 fully saturated rings. The molecule has 3 aromatic rings. The van der Waals surface area contributed by atoms with Gasteiger partial charge in [0.15, 0.2) is 0 Å². The van der Waals surface area contributed by atoms with Crippen molar-refractivity contribution >= 4 is 20.3 Å². The van der Waals surface area contributed by atoms with Crippen molar-refractivity contribution in [2.75, 3.05) is 6.66 Å². The van der Waals surface area contributed by atoms with Crippen molar-refractivity contribution in [2.24, 2.45) is 5.92 Å². The average molecular weight is 341 g/mol. The van der Waals surface area contributed by atoms with Crippen LogP contribution in [0.4, 0.5) is 0 Å². The van der Waals surface area contributed by atoms with E-state index in [0.717, 1.165) is 23.1 Å². The van der Waals surface area contributed by atoms with E-state index in [-0.39, 0.29) is 5.41 Å². The second-order valence-electron chi connectivity index (χ2n) is 7.01. The smallest absolute Gasteiger partial charge is 0.113 e. The topological polar surface area (TPSA) is 30.7 Å². The third kappa shape index (κ3) is 4.21. The van der Waals surface area contributed by atoms with Crippen LogP contribution in [0, 0.1) is 5.92 Å². The highest BCUT2D eigenvalue weighted by molar-refractivity contribution is 7.15. The fourth-order valence-corrected chi connectivity index (χ4v) is 3.16. The lowest BCUT2D eigenvalue weighted by atomic mass is 9.78. The molecule has 0 bridgehead atoms. The summed E-state index contributed by atoms with van der Waals surface area (Å²) in [5.41, 5.74) is 4.35. The van der Waals surface area contributed by atoms with E-state index in [9.17, 15) is 0 Å². The second-order valence-corrected chi connectivity index (χ2v) is 7.01. The molecule has 0 aliphatic carbocycles. The van der Waals surface area contributed by atoms with Gasteiger partial charge in [0.1, 0.15) is 11.0 Å². The van der Waals surface area contributed by atoms with E-state index in [1.54, 1.807) is 4.80 Å². The van der Waals surface area contributed by atoms with Gasteiger partial charge in [-0.2, -0.15) is 4.80 Å². The molecule has 1 aromatic heterocycles. The Morgan fingerprint density at radius 3 is 2.08 bits per heavy atom. The minimum absolute atomic E-state index is 0.150. The second kappa shape index (κ2) is 7.90. The van der Waals surface area contributed by atoms with Crippen LogP contribution in [0.2, 0.25) is 0 Å². The Morgan fingerprint density at radius 1 is 0.958 bits per heavy atom. The van der Waals surface area contributed by atoms with Gasteiger partial charge in [-0.25, -0.2) is 0 Å². The number of rotatable bonds is 4. The van der Waals surface area contributed by atoms with E-state index in [1.165, 1.54) is 5.56 Å². The zero-order valence-electron chi connectivity index (χ0n) is 15.3. The summed E-state index contributed by atoms with van der Waals surface area (Å²) in [6.45, 7) is 11.1. The molecule has 0 N–H and O–H groups in total. The van der Waals surface area contributed by atoms with Crippen molar-refractivity contribution in [1.29, 1.82) is 0 Å². The Labute approximate surface area is 147 Å². The molecule has 1 heterocycles. The van der Waals surface area contributed by atoms with E-state index >= 15 is 0 Å². The molecule has 1 unspecified atom stereocenters. The standard InChI is InChI=1S/C19H23N3.CH5P/c1-14(2)13-19(3,4)15-8-7-9-16(12-15)22-20-17-10-5-6-11-18(17)21-22;1-2/h5-12,14H,13H2,1-4H3;2H2,1H3. The van der Waals surface area contributed by atoms with Crippen molar-refractivity contribution < 1.29 is 0 Å². The molecule has 4 heteroatoms. The summed E-state index contributed by atoms with van der Waals surface area (Å²) in [5.74, 6) is 0.670. The molecule has 0 amide bonds. The maximum absolute atomic E-state index is 4.57. The third-order valence-corrected chi connectivity index (χ3v) is 4.06. The Bertz CT molecular complexity index is 757. The lowest BCUT2D eigenvalue weighted by Crippen LogP contribution is -2.20. The van der Waals surface area contributed by atoms with Gasteiger partial charge in [-0.3, -0.25) is 0 Å². The van der Waals surface area contributed by atoms with Crippen LogP contribution in [0.15, 0.2) is 48.5 Å². The summed E-state index contributed by atoms with van der Waals surface area (Å²) in [6, 6.07) is 16.5. The number of benzene rings is 2. The van der Waals surface area contributed by atoms with E-state index < -0.39 is 0 Å². The molecule has 1 atom stereocenters. The minimum Gasteiger partial charge on any atom is -0.150 e. The minimum atomic E-state index is 0.150. The SMILES string of the molecule is CC(C)CC(C)(C)c1cccc(-n2nc3ccccc3n2)c1.CP. The van der Waals surface area contributed by atoms with Gasteiger partial charge in [0.05, 0.1) is 5.69 Å². The fraction of sp³-hybridized carbons (Fsp3) is 0.400. The summed E-state index contributed by atoms with van der Waals surface area (Å²) < 4.78 is 0. The molecule has 0 saturated carbocycles. The molecule has 0 aliphatic heterocycles. The van der Waals surface area contributed by atoms with E-state index in [0.29, 0.717) is 5.92 Å². The molecular formula is C20H28N3P. The van der Waals surface area contributed by atoms with Gasteiger partial charge in [0.25, 0.3) is 0 Å². The lowest BCUT2D eigenvalue weighted by Gasteiger charge is -2.27. The summed E-state index contributed by atoms with van der Waals surface area (Å²) in [7, 11) is 2.42. The first-order valence-electron chi connectivity index (χ1n) is 8.46. The molecule has 0 saturated heterocycles. The quantitative estimate of drug-likeness (QED) is 0.608. The first kappa shape index (κ1) is 18.6. The van der Waals surface area contributed by atoms with Gasteiger partial charge in [-0.1, -0.05) is 58.6 Å². The fourth-order valence-electron chi connectivity index (χ4n) is 3.16. The van der Waals surface area contributed by atoms with Gasteiger partial charge in [-0.05, 0) is 47.6 Å². The zero-order chi connectivity index (χ0) is 17.7. The molecule has 0 aliphatic rings. The number of aromatic nitrogens is 3. The largest absolute Gasteiger partial charge is 0.150 e. The summed E-state index contributed by atoms with van der Waals surface area (Å²) in [4.78, 5) is 1.74. The number of hydrogen-bond donors (Lipinski definition) is 0. The van der Waals surface area contributed by atoms with Gasteiger partial charge in [0, 0.05) is 0 Å². The molecular weight excluding hydrogens is 313 g/mol. The van der Waals surface area contributed by atoms with E-state index in [1.807, 2.05) is 30.9 Å². The number of hydrogen-bond acceptors (Lipinski definition) is 2. The Morgan fingerprint density at radius 2 is 1.54 bits per heavy atom. The predicted molar refractivity (Wildman–Crippen MR) is 107 cm³/mol. The molecule has 3 rings (SSSR count). The van der Waals surface area contributed by atoms with Crippen molar-refractivity contribution in [1.82, 2.24) is 15.0 Å². The van der Waals surface area contributed by atoms with Crippen molar-refractivity contribution in [3.05, 3.63) is 54.1 Å². The lowest BCUT2D eigenvalue weighted by molar-refractivity contribution is 0.399. The van der Waals surface area contributed by atoms with Crippen LogP contribution in [-0.4, -0.2) is 21.7 Å². The number of fused-ring (bicyclic) bond motifs is 1. The van der Waals surface area contributed by atoms with Gasteiger partial charge >= 0.3 is 0 Å². The summed E-state index contributed by atoms with van der Waals surface area (Å²) in [5, 5.41) is 9.15. The van der Waals surface area contributed by atoms with Crippen LogP contribution in [0.1, 0.15) is 39.7 Å². The number of nitrogens with zero attached hydrogens (tertiary/aromatic N) is 3. The van der Waals surface area contributed by atoms with E-state index in [4.69, 9.17) is 0 Å². The Hall–Kier alpha value is -1.73. The zero-order valence-corrected chi connectivity index (χ0v) is 16.5. The molecule has 2 aromatic carbocycles. The van der Waals surface area contributed by atoms with Gasteiger partial charge in [0.2, 0.25) is 0 Å². The normalized spacial score (nSPS) is 11.5. The van der Waals surface area contributed by atoms with Crippen LogP contribution in [-0.2, 0) is 5.41 Å². The van der Waals surface area contributed by atoms with Crippen LogP contribution >= 0.6 is 9.24 Å². The Kier molecular flexibility index (Phi) is 6.12. The molecule has 0 radical (unpaired) electrons. The summed E-state index contributed by atoms with van der Waals surface area (Å²) >= 11 is 0. The van der Waals surface area contributed by atoms with Crippen LogP contribution in [0.3, 0.4) is 0 Å². The Balaban J connectivity index is 0.00000100. The molecule has 3 nitrogen and oxygen atoms in total. The highest BCUT2D eigenvalue weighted by Gasteiger charge is 2.22. The highest BCUT2D eigenvalue weighted by atomic mass is 31.0. The third-order valence-electron chi connectivity index (χ3n) is 4.06. The maximum Gasteiger partial charge on any atom is 0.113 e. The van der Waals surface area contributed by atoms with Crippen molar-refractivity contribution in [2.45, 2.75) is 39.5 Å². The van der Waals surface area contributed by atoms with E-state index in [2.05, 4.69) is 71.4 Å². The maximum atomic E-state index is 4.57. The summed E-state index contributed by atoms with van der Waals surface area (Å²) in [6.07, 6.45) is 1.16. The first-order chi connectivity index (χ1) is 11.5. The molecule has 0 spiro atoms. The van der Waals surface area contributed by atoms with Crippen LogP contribution in [0.5, 0.6) is 0 Å². The van der Waals surface area contributed by atoms with Gasteiger partial charge in [-0.15, -0.1) is 19.4 Å². The van der Waals surface area contributed by atoms with Crippen LogP contribution in [0.25, 0.3) is 16.7 Å². The van der Waals surface area contributed by atoms with Crippen molar-refractivity contribution in [3.8, 4) is 5.69 Å².